The van der Waals surface area contributed by atoms with Gasteiger partial charge in [0.15, 0.2) is 0 Å². The Bertz CT molecular complexity index is 1090. The SMILES string of the molecule is CC1(C)OB(c2cn(S(=O)(=O)c3ccccc3)c3cccnc23)OC1(C)C. The topological polar surface area (TPSA) is 70.4 Å². The van der Waals surface area contributed by atoms with Crippen molar-refractivity contribution in [1.82, 2.24) is 8.96 Å². The molecule has 4 rings (SSSR count). The maximum Gasteiger partial charge on any atom is 0.498 e. The van der Waals surface area contributed by atoms with Crippen molar-refractivity contribution < 1.29 is 17.7 Å². The van der Waals surface area contributed by atoms with E-state index in [9.17, 15) is 8.42 Å². The van der Waals surface area contributed by atoms with Gasteiger partial charge in [-0.05, 0) is 52.0 Å². The molecule has 1 fully saturated rings. The lowest BCUT2D eigenvalue weighted by Crippen LogP contribution is -2.41. The first-order chi connectivity index (χ1) is 12.6. The Balaban J connectivity index is 1.89. The lowest BCUT2D eigenvalue weighted by molar-refractivity contribution is 0.00578. The lowest BCUT2D eigenvalue weighted by Gasteiger charge is -2.32. The molecule has 0 bridgehead atoms. The lowest BCUT2D eigenvalue weighted by atomic mass is 9.80. The maximum absolute atomic E-state index is 13.2. The zero-order valence-corrected chi connectivity index (χ0v) is 16.5. The van der Waals surface area contributed by atoms with Crippen molar-refractivity contribution in [3.05, 3.63) is 54.9 Å². The quantitative estimate of drug-likeness (QED) is 0.650. The van der Waals surface area contributed by atoms with Crippen LogP contribution in [0.2, 0.25) is 0 Å². The predicted molar refractivity (Wildman–Crippen MR) is 104 cm³/mol. The molecular weight excluding hydrogens is 363 g/mol. The maximum atomic E-state index is 13.2. The fourth-order valence-electron chi connectivity index (χ4n) is 3.10. The summed E-state index contributed by atoms with van der Waals surface area (Å²) in [5, 5.41) is 0. The molecule has 2 aromatic heterocycles. The Labute approximate surface area is 159 Å². The van der Waals surface area contributed by atoms with Gasteiger partial charge in [0.2, 0.25) is 0 Å². The second-order valence-corrected chi connectivity index (χ2v) is 9.47. The van der Waals surface area contributed by atoms with Crippen molar-refractivity contribution in [3.8, 4) is 0 Å². The van der Waals surface area contributed by atoms with E-state index >= 15 is 0 Å². The van der Waals surface area contributed by atoms with Gasteiger partial charge in [0, 0.05) is 17.9 Å². The zero-order valence-electron chi connectivity index (χ0n) is 15.7. The molecule has 0 saturated carbocycles. The molecule has 1 aromatic carbocycles. The van der Waals surface area contributed by atoms with E-state index in [0.717, 1.165) is 0 Å². The molecule has 1 saturated heterocycles. The van der Waals surface area contributed by atoms with E-state index in [1.807, 2.05) is 27.7 Å². The number of nitrogens with zero attached hydrogens (tertiary/aromatic N) is 2. The van der Waals surface area contributed by atoms with Gasteiger partial charge >= 0.3 is 7.12 Å². The Morgan fingerprint density at radius 3 is 2.22 bits per heavy atom. The van der Waals surface area contributed by atoms with Crippen LogP contribution in [0.15, 0.2) is 59.8 Å². The second kappa shape index (κ2) is 5.92. The van der Waals surface area contributed by atoms with Crippen LogP contribution >= 0.6 is 0 Å². The molecule has 0 atom stereocenters. The highest BCUT2D eigenvalue weighted by molar-refractivity contribution is 7.90. The molecule has 0 aliphatic carbocycles. The fourth-order valence-corrected chi connectivity index (χ4v) is 4.49. The summed E-state index contributed by atoms with van der Waals surface area (Å²) in [4.78, 5) is 4.62. The van der Waals surface area contributed by atoms with Crippen LogP contribution in [0, 0.1) is 0 Å². The Kier molecular flexibility index (Phi) is 4.00. The van der Waals surface area contributed by atoms with E-state index in [2.05, 4.69) is 4.98 Å². The summed E-state index contributed by atoms with van der Waals surface area (Å²) < 4.78 is 39.9. The van der Waals surface area contributed by atoms with Crippen molar-refractivity contribution in [2.24, 2.45) is 0 Å². The molecule has 0 unspecified atom stereocenters. The monoisotopic (exact) mass is 384 g/mol. The molecule has 140 valence electrons. The van der Waals surface area contributed by atoms with E-state index in [1.165, 1.54) is 3.97 Å². The van der Waals surface area contributed by atoms with E-state index in [4.69, 9.17) is 9.31 Å². The summed E-state index contributed by atoms with van der Waals surface area (Å²) in [6.45, 7) is 7.83. The highest BCUT2D eigenvalue weighted by atomic mass is 32.2. The fraction of sp³-hybridized carbons (Fsp3) is 0.316. The molecule has 1 aliphatic heterocycles. The summed E-state index contributed by atoms with van der Waals surface area (Å²) in [7, 11) is -4.46. The molecular formula is C19H21BN2O4S. The summed E-state index contributed by atoms with van der Waals surface area (Å²) in [5.41, 5.74) is 0.587. The third kappa shape index (κ3) is 2.79. The van der Waals surface area contributed by atoms with Gasteiger partial charge in [-0.2, -0.15) is 0 Å². The first-order valence-corrected chi connectivity index (χ1v) is 10.2. The number of pyridine rings is 1. The normalized spacial score (nSPS) is 18.9. The third-order valence-corrected chi connectivity index (χ3v) is 7.05. The molecule has 0 N–H and O–H groups in total. The van der Waals surface area contributed by atoms with E-state index in [-0.39, 0.29) is 4.90 Å². The first-order valence-electron chi connectivity index (χ1n) is 8.76. The van der Waals surface area contributed by atoms with Crippen LogP contribution in [-0.4, -0.2) is 35.7 Å². The minimum absolute atomic E-state index is 0.214. The minimum atomic E-state index is -3.77. The van der Waals surface area contributed by atoms with Gasteiger partial charge < -0.3 is 9.31 Å². The Hall–Kier alpha value is -2.16. The van der Waals surface area contributed by atoms with E-state index < -0.39 is 28.3 Å². The molecule has 0 amide bonds. The van der Waals surface area contributed by atoms with Gasteiger partial charge in [-0.15, -0.1) is 0 Å². The van der Waals surface area contributed by atoms with Crippen molar-refractivity contribution in [3.63, 3.8) is 0 Å². The van der Waals surface area contributed by atoms with Crippen LogP contribution in [-0.2, 0) is 19.3 Å². The van der Waals surface area contributed by atoms with Gasteiger partial charge in [0.05, 0.1) is 27.1 Å². The van der Waals surface area contributed by atoms with Crippen LogP contribution in [0.25, 0.3) is 11.0 Å². The van der Waals surface area contributed by atoms with E-state index in [1.54, 1.807) is 54.9 Å². The number of rotatable bonds is 3. The number of benzene rings is 1. The average molecular weight is 384 g/mol. The van der Waals surface area contributed by atoms with Crippen LogP contribution in [0.3, 0.4) is 0 Å². The number of aromatic nitrogens is 2. The first kappa shape index (κ1) is 18.2. The average Bonchev–Trinajstić information content (AvgIpc) is 3.11. The van der Waals surface area contributed by atoms with Crippen LogP contribution in [0.1, 0.15) is 27.7 Å². The Morgan fingerprint density at radius 1 is 0.963 bits per heavy atom. The molecule has 27 heavy (non-hydrogen) atoms. The predicted octanol–water partition coefficient (Wildman–Crippen LogP) is 2.57. The van der Waals surface area contributed by atoms with Gasteiger partial charge in [-0.1, -0.05) is 18.2 Å². The highest BCUT2D eigenvalue weighted by Crippen LogP contribution is 2.37. The van der Waals surface area contributed by atoms with E-state index in [0.29, 0.717) is 16.5 Å². The summed E-state index contributed by atoms with van der Waals surface area (Å²) in [6.07, 6.45) is 3.19. The number of hydrogen-bond acceptors (Lipinski definition) is 5. The van der Waals surface area contributed by atoms with Crippen molar-refractivity contribution in [2.45, 2.75) is 43.8 Å². The summed E-state index contributed by atoms with van der Waals surface area (Å²) >= 11 is 0. The number of hydrogen-bond donors (Lipinski definition) is 0. The molecule has 1 aliphatic rings. The van der Waals surface area contributed by atoms with Gasteiger partial charge in [-0.3, -0.25) is 4.98 Å². The van der Waals surface area contributed by atoms with Crippen molar-refractivity contribution in [1.29, 1.82) is 0 Å². The summed E-state index contributed by atoms with van der Waals surface area (Å²) in [5.74, 6) is 0. The standard InChI is InChI=1S/C19H21BN2O4S/c1-18(2)19(3,4)26-20(25-18)15-13-22(16-11-8-12-21-17(15)16)27(23,24)14-9-6-5-7-10-14/h5-13H,1-4H3. The minimum Gasteiger partial charge on any atom is -0.399 e. The van der Waals surface area contributed by atoms with Crippen LogP contribution < -0.4 is 5.46 Å². The van der Waals surface area contributed by atoms with Crippen molar-refractivity contribution >= 4 is 33.6 Å². The molecule has 0 radical (unpaired) electrons. The second-order valence-electron chi connectivity index (χ2n) is 7.66. The van der Waals surface area contributed by atoms with Gasteiger partial charge in [0.25, 0.3) is 10.0 Å². The Morgan fingerprint density at radius 2 is 1.59 bits per heavy atom. The number of fused-ring (bicyclic) bond motifs is 1. The van der Waals surface area contributed by atoms with Crippen molar-refractivity contribution in [2.75, 3.05) is 0 Å². The van der Waals surface area contributed by atoms with Gasteiger partial charge in [-0.25, -0.2) is 12.4 Å². The molecule has 3 aromatic rings. The molecule has 0 spiro atoms. The van der Waals surface area contributed by atoms with Crippen LogP contribution in [0.5, 0.6) is 0 Å². The zero-order chi connectivity index (χ0) is 19.4. The van der Waals surface area contributed by atoms with Gasteiger partial charge in [0.1, 0.15) is 0 Å². The molecule has 3 heterocycles. The summed E-state index contributed by atoms with van der Waals surface area (Å²) in [6, 6.07) is 11.8. The van der Waals surface area contributed by atoms with Crippen LogP contribution in [0.4, 0.5) is 0 Å². The molecule has 6 nitrogen and oxygen atoms in total. The largest absolute Gasteiger partial charge is 0.498 e. The third-order valence-electron chi connectivity index (χ3n) is 5.36. The highest BCUT2D eigenvalue weighted by Gasteiger charge is 2.52. The smallest absolute Gasteiger partial charge is 0.399 e. The molecule has 8 heteroatoms.